The zero-order valence-electron chi connectivity index (χ0n) is 10.1. The third-order valence-corrected chi connectivity index (χ3v) is 2.60. The summed E-state index contributed by atoms with van der Waals surface area (Å²) in [6.45, 7) is 7.44. The fourth-order valence-corrected chi connectivity index (χ4v) is 1.67. The molecule has 0 aliphatic carbocycles. The summed E-state index contributed by atoms with van der Waals surface area (Å²) in [7, 11) is 0. The smallest absolute Gasteiger partial charge is 0.237 e. The average Bonchev–Trinajstić information content (AvgIpc) is 2.27. The van der Waals surface area contributed by atoms with E-state index < -0.39 is 6.10 Å². The van der Waals surface area contributed by atoms with Gasteiger partial charge in [-0.15, -0.1) is 0 Å². The molecule has 0 radical (unpaired) electrons. The zero-order chi connectivity index (χ0) is 12.1. The van der Waals surface area contributed by atoms with Crippen LogP contribution in [0.5, 0.6) is 0 Å². The monoisotopic (exact) mass is 225 g/mol. The van der Waals surface area contributed by atoms with Gasteiger partial charge in [0.25, 0.3) is 0 Å². The minimum Gasteiger partial charge on any atom is -0.361 e. The molecule has 0 spiro atoms. The van der Waals surface area contributed by atoms with Crippen LogP contribution in [0.4, 0.5) is 0 Å². The highest BCUT2D eigenvalue weighted by Gasteiger charge is 2.27. The first-order valence-electron chi connectivity index (χ1n) is 5.60. The van der Waals surface area contributed by atoms with Gasteiger partial charge in [-0.25, -0.2) is 0 Å². The van der Waals surface area contributed by atoms with Gasteiger partial charge in [-0.2, -0.15) is 5.26 Å². The van der Waals surface area contributed by atoms with E-state index in [1.807, 2.05) is 25.7 Å². The molecule has 1 amide bonds. The Morgan fingerprint density at radius 2 is 2.25 bits per heavy atom. The first-order valence-corrected chi connectivity index (χ1v) is 5.60. The first kappa shape index (κ1) is 12.9. The van der Waals surface area contributed by atoms with Crippen molar-refractivity contribution in [3.63, 3.8) is 0 Å². The Morgan fingerprint density at radius 3 is 2.81 bits per heavy atom. The molecule has 5 nitrogen and oxygen atoms in total. The van der Waals surface area contributed by atoms with Crippen LogP contribution in [-0.2, 0) is 9.53 Å². The van der Waals surface area contributed by atoms with Crippen molar-refractivity contribution in [2.75, 3.05) is 19.7 Å². The number of amides is 1. The topological polar surface area (TPSA) is 65.4 Å². The number of nitrogens with zero attached hydrogens (tertiary/aromatic N) is 2. The molecule has 90 valence electrons. The molecule has 0 aromatic heterocycles. The molecule has 5 heteroatoms. The molecule has 1 fully saturated rings. The Hall–Kier alpha value is -1.12. The van der Waals surface area contributed by atoms with Crippen molar-refractivity contribution < 1.29 is 9.53 Å². The van der Waals surface area contributed by atoms with Crippen molar-refractivity contribution in [3.05, 3.63) is 0 Å². The molecule has 1 heterocycles. The summed E-state index contributed by atoms with van der Waals surface area (Å²) >= 11 is 0. The normalized spacial score (nSPS) is 23.8. The maximum Gasteiger partial charge on any atom is 0.237 e. The lowest BCUT2D eigenvalue weighted by molar-refractivity contribution is -0.128. The molecule has 0 saturated carbocycles. The van der Waals surface area contributed by atoms with Gasteiger partial charge in [0, 0.05) is 19.1 Å². The van der Waals surface area contributed by atoms with Crippen molar-refractivity contribution in [3.8, 4) is 6.07 Å². The molecule has 0 bridgehead atoms. The van der Waals surface area contributed by atoms with Crippen LogP contribution in [0.15, 0.2) is 0 Å². The van der Waals surface area contributed by atoms with Gasteiger partial charge in [0.05, 0.1) is 18.7 Å². The number of morpholine rings is 1. The second kappa shape index (κ2) is 5.83. The van der Waals surface area contributed by atoms with Gasteiger partial charge in [-0.1, -0.05) is 0 Å². The van der Waals surface area contributed by atoms with E-state index in [2.05, 4.69) is 11.4 Å². The number of carbonyl (C=O) groups excluding carboxylic acids is 1. The standard InChI is InChI=1S/C11H19N3O2/c1-8(2)13-11(15)9(3)14-4-5-16-10(6-12)7-14/h8-10H,4-5,7H2,1-3H3,(H,13,15). The second-order valence-corrected chi connectivity index (χ2v) is 4.32. The summed E-state index contributed by atoms with van der Waals surface area (Å²) in [5, 5.41) is 11.6. The van der Waals surface area contributed by atoms with Crippen LogP contribution >= 0.6 is 0 Å². The second-order valence-electron chi connectivity index (χ2n) is 4.32. The molecule has 2 atom stereocenters. The first-order chi connectivity index (χ1) is 7.54. The Bertz CT molecular complexity index is 285. The van der Waals surface area contributed by atoms with Gasteiger partial charge in [0.15, 0.2) is 6.10 Å². The number of hydrogen-bond donors (Lipinski definition) is 1. The van der Waals surface area contributed by atoms with E-state index in [0.29, 0.717) is 19.7 Å². The molecule has 16 heavy (non-hydrogen) atoms. The largest absolute Gasteiger partial charge is 0.361 e. The van der Waals surface area contributed by atoms with Crippen LogP contribution < -0.4 is 5.32 Å². The lowest BCUT2D eigenvalue weighted by Gasteiger charge is -2.33. The SMILES string of the molecule is CC(C)NC(=O)C(C)N1CCOC(C#N)C1. The van der Waals surface area contributed by atoms with Crippen LogP contribution in [0.25, 0.3) is 0 Å². The minimum absolute atomic E-state index is 0.00795. The fraction of sp³-hybridized carbons (Fsp3) is 0.818. The van der Waals surface area contributed by atoms with Crippen LogP contribution in [-0.4, -0.2) is 48.7 Å². The highest BCUT2D eigenvalue weighted by molar-refractivity contribution is 5.81. The van der Waals surface area contributed by atoms with Crippen molar-refractivity contribution in [2.45, 2.75) is 39.0 Å². The maximum absolute atomic E-state index is 11.8. The molecule has 1 rings (SSSR count). The van der Waals surface area contributed by atoms with E-state index in [4.69, 9.17) is 10.00 Å². The van der Waals surface area contributed by atoms with E-state index in [1.54, 1.807) is 0 Å². The van der Waals surface area contributed by atoms with Gasteiger partial charge in [0.1, 0.15) is 0 Å². The Labute approximate surface area is 96.4 Å². The molecular weight excluding hydrogens is 206 g/mol. The lowest BCUT2D eigenvalue weighted by atomic mass is 10.2. The van der Waals surface area contributed by atoms with Gasteiger partial charge in [0.2, 0.25) is 5.91 Å². The zero-order valence-corrected chi connectivity index (χ0v) is 10.1. The third kappa shape index (κ3) is 3.47. The van der Waals surface area contributed by atoms with E-state index in [-0.39, 0.29) is 18.0 Å². The van der Waals surface area contributed by atoms with Gasteiger partial charge in [-0.3, -0.25) is 9.69 Å². The van der Waals surface area contributed by atoms with Crippen LogP contribution in [0.2, 0.25) is 0 Å². The summed E-state index contributed by atoms with van der Waals surface area (Å²) in [4.78, 5) is 13.8. The van der Waals surface area contributed by atoms with Gasteiger partial charge < -0.3 is 10.1 Å². The predicted molar refractivity (Wildman–Crippen MR) is 59.7 cm³/mol. The molecule has 0 aromatic rings. The van der Waals surface area contributed by atoms with E-state index >= 15 is 0 Å². The summed E-state index contributed by atoms with van der Waals surface area (Å²) in [6, 6.07) is 2.01. The van der Waals surface area contributed by atoms with Crippen molar-refractivity contribution >= 4 is 5.91 Å². The third-order valence-electron chi connectivity index (χ3n) is 2.60. The molecule has 1 aliphatic heterocycles. The Morgan fingerprint density at radius 1 is 1.56 bits per heavy atom. The van der Waals surface area contributed by atoms with E-state index in [9.17, 15) is 4.79 Å². The maximum atomic E-state index is 11.8. The summed E-state index contributed by atoms with van der Waals surface area (Å²) in [5.41, 5.74) is 0. The summed E-state index contributed by atoms with van der Waals surface area (Å²) < 4.78 is 5.23. The fourth-order valence-electron chi connectivity index (χ4n) is 1.67. The summed E-state index contributed by atoms with van der Waals surface area (Å²) in [5.74, 6) is 0.00795. The number of rotatable bonds is 3. The molecule has 2 unspecified atom stereocenters. The van der Waals surface area contributed by atoms with Gasteiger partial charge >= 0.3 is 0 Å². The lowest BCUT2D eigenvalue weighted by Crippen LogP contribution is -2.52. The molecule has 1 aliphatic rings. The number of carbonyl (C=O) groups is 1. The highest BCUT2D eigenvalue weighted by Crippen LogP contribution is 2.08. The molecule has 0 aromatic carbocycles. The van der Waals surface area contributed by atoms with E-state index in [1.165, 1.54) is 0 Å². The Kier molecular flexibility index (Phi) is 4.71. The minimum atomic E-state index is -0.414. The molecule has 1 N–H and O–H groups in total. The highest BCUT2D eigenvalue weighted by atomic mass is 16.5. The molecular formula is C11H19N3O2. The van der Waals surface area contributed by atoms with E-state index in [0.717, 1.165) is 0 Å². The number of nitriles is 1. The predicted octanol–water partition coefficient (Wildman–Crippen LogP) is 0.124. The Balaban J connectivity index is 2.50. The number of hydrogen-bond acceptors (Lipinski definition) is 4. The summed E-state index contributed by atoms with van der Waals surface area (Å²) in [6.07, 6.45) is -0.414. The van der Waals surface area contributed by atoms with Gasteiger partial charge in [-0.05, 0) is 20.8 Å². The molecule has 1 saturated heterocycles. The van der Waals surface area contributed by atoms with Crippen LogP contribution in [0.1, 0.15) is 20.8 Å². The van der Waals surface area contributed by atoms with Crippen molar-refractivity contribution in [2.24, 2.45) is 0 Å². The quantitative estimate of drug-likeness (QED) is 0.741. The number of ether oxygens (including phenoxy) is 1. The van der Waals surface area contributed by atoms with Crippen molar-refractivity contribution in [1.82, 2.24) is 10.2 Å². The van der Waals surface area contributed by atoms with Crippen LogP contribution in [0, 0.1) is 11.3 Å². The average molecular weight is 225 g/mol. The number of nitrogens with one attached hydrogen (secondary N) is 1. The van der Waals surface area contributed by atoms with Crippen LogP contribution in [0.3, 0.4) is 0 Å². The van der Waals surface area contributed by atoms with Crippen molar-refractivity contribution in [1.29, 1.82) is 5.26 Å².